The van der Waals surface area contributed by atoms with Crippen molar-refractivity contribution in [2.75, 3.05) is 43.6 Å². The van der Waals surface area contributed by atoms with Crippen molar-refractivity contribution in [1.29, 1.82) is 0 Å². The van der Waals surface area contributed by atoms with Crippen molar-refractivity contribution in [1.82, 2.24) is 19.5 Å². The number of anilines is 1. The number of hydrogen-bond donors (Lipinski definition) is 1. The fraction of sp³-hybridized carbons (Fsp3) is 0.300. The summed E-state index contributed by atoms with van der Waals surface area (Å²) in [4.78, 5) is 28.3. The van der Waals surface area contributed by atoms with Crippen LogP contribution in [0.2, 0.25) is 0 Å². The van der Waals surface area contributed by atoms with E-state index in [1.54, 1.807) is 17.9 Å². The van der Waals surface area contributed by atoms with Crippen molar-refractivity contribution in [3.05, 3.63) is 60.0 Å². The van der Waals surface area contributed by atoms with E-state index in [-0.39, 0.29) is 0 Å². The fourth-order valence-electron chi connectivity index (χ4n) is 3.48. The highest BCUT2D eigenvalue weighted by Crippen LogP contribution is 2.16. The van der Waals surface area contributed by atoms with Gasteiger partial charge in [0.05, 0.1) is 17.6 Å². The van der Waals surface area contributed by atoms with Gasteiger partial charge in [-0.05, 0) is 36.4 Å². The maximum Gasteiger partial charge on any atom is 0.234 e. The van der Waals surface area contributed by atoms with Crippen LogP contribution in [0.1, 0.15) is 5.69 Å². The maximum atomic E-state index is 10.7. The zero-order chi connectivity index (χ0) is 19.3. The van der Waals surface area contributed by atoms with Crippen molar-refractivity contribution in [2.24, 2.45) is 4.99 Å². The normalized spacial score (nSPS) is 15.8. The minimum absolute atomic E-state index is 0.554. The molecule has 0 bridgehead atoms. The fourth-order valence-corrected chi connectivity index (χ4v) is 3.48. The number of nitrogens with zero attached hydrogens (tertiary/aromatic N) is 6. The van der Waals surface area contributed by atoms with E-state index in [1.807, 2.05) is 30.5 Å². The summed E-state index contributed by atoms with van der Waals surface area (Å²) >= 11 is 0. The van der Waals surface area contributed by atoms with Crippen LogP contribution in [0.5, 0.6) is 0 Å². The van der Waals surface area contributed by atoms with E-state index in [0.717, 1.165) is 55.1 Å². The molecular formula is C20H23N7O. The second-order valence-electron chi connectivity index (χ2n) is 6.69. The molecule has 8 nitrogen and oxygen atoms in total. The van der Waals surface area contributed by atoms with Gasteiger partial charge in [0.25, 0.3) is 0 Å². The molecule has 0 aromatic carbocycles. The molecule has 3 aromatic rings. The SMILES string of the molecule is CNn1cc(N2CCN(Cc3ccc4cccnc4n3)CC2)ccc1=NC=O. The topological polar surface area (TPSA) is 78.7 Å². The number of fused-ring (bicyclic) bond motifs is 1. The molecule has 4 heterocycles. The number of pyridine rings is 3. The van der Waals surface area contributed by atoms with Crippen LogP contribution in [-0.2, 0) is 11.3 Å². The van der Waals surface area contributed by atoms with E-state index in [2.05, 4.69) is 42.3 Å². The van der Waals surface area contributed by atoms with Crippen molar-refractivity contribution in [2.45, 2.75) is 6.54 Å². The zero-order valence-electron chi connectivity index (χ0n) is 15.8. The summed E-state index contributed by atoms with van der Waals surface area (Å²) < 4.78 is 1.75. The van der Waals surface area contributed by atoms with E-state index < -0.39 is 0 Å². The number of amides is 1. The van der Waals surface area contributed by atoms with Crippen LogP contribution in [-0.4, -0.2) is 59.2 Å². The molecule has 4 rings (SSSR count). The summed E-state index contributed by atoms with van der Waals surface area (Å²) in [6.45, 7) is 4.61. The third-order valence-corrected chi connectivity index (χ3v) is 4.98. The van der Waals surface area contributed by atoms with Crippen molar-refractivity contribution in [3.8, 4) is 0 Å². The molecule has 1 fully saturated rings. The Balaban J connectivity index is 1.41. The average molecular weight is 377 g/mol. The molecule has 1 amide bonds. The zero-order valence-corrected chi connectivity index (χ0v) is 15.8. The highest BCUT2D eigenvalue weighted by molar-refractivity contribution is 5.74. The molecule has 0 unspecified atom stereocenters. The Morgan fingerprint density at radius 3 is 2.79 bits per heavy atom. The number of carbonyl (C=O) groups is 1. The lowest BCUT2D eigenvalue weighted by Gasteiger charge is -2.36. The summed E-state index contributed by atoms with van der Waals surface area (Å²) in [6.07, 6.45) is 4.30. The van der Waals surface area contributed by atoms with Crippen molar-refractivity contribution in [3.63, 3.8) is 0 Å². The van der Waals surface area contributed by atoms with E-state index in [4.69, 9.17) is 0 Å². The average Bonchev–Trinajstić information content (AvgIpc) is 2.75. The van der Waals surface area contributed by atoms with Crippen molar-refractivity contribution < 1.29 is 4.79 Å². The number of aromatic nitrogens is 3. The van der Waals surface area contributed by atoms with Gasteiger partial charge in [0.1, 0.15) is 0 Å². The molecule has 0 saturated carbocycles. The largest absolute Gasteiger partial charge is 0.368 e. The van der Waals surface area contributed by atoms with Crippen LogP contribution in [0.4, 0.5) is 5.69 Å². The lowest BCUT2D eigenvalue weighted by atomic mass is 10.2. The van der Waals surface area contributed by atoms with Crippen LogP contribution >= 0.6 is 0 Å². The molecule has 0 radical (unpaired) electrons. The quantitative estimate of drug-likeness (QED) is 0.668. The van der Waals surface area contributed by atoms with Gasteiger partial charge in [0.2, 0.25) is 6.41 Å². The van der Waals surface area contributed by atoms with Gasteiger partial charge in [0.15, 0.2) is 11.1 Å². The lowest BCUT2D eigenvalue weighted by molar-refractivity contribution is -0.107. The van der Waals surface area contributed by atoms with Crippen molar-refractivity contribution >= 4 is 23.1 Å². The smallest absolute Gasteiger partial charge is 0.234 e. The molecule has 1 saturated heterocycles. The second-order valence-corrected chi connectivity index (χ2v) is 6.69. The van der Waals surface area contributed by atoms with Gasteiger partial charge < -0.3 is 10.3 Å². The van der Waals surface area contributed by atoms with Gasteiger partial charge in [0, 0.05) is 51.4 Å². The summed E-state index contributed by atoms with van der Waals surface area (Å²) in [5, 5.41) is 1.07. The third-order valence-electron chi connectivity index (χ3n) is 4.98. The third kappa shape index (κ3) is 3.86. The van der Waals surface area contributed by atoms with Crippen LogP contribution in [0.3, 0.4) is 0 Å². The molecule has 3 aromatic heterocycles. The van der Waals surface area contributed by atoms with Gasteiger partial charge in [-0.3, -0.25) is 9.69 Å². The van der Waals surface area contributed by atoms with Gasteiger partial charge in [-0.2, -0.15) is 4.99 Å². The minimum atomic E-state index is 0.554. The molecular weight excluding hydrogens is 354 g/mol. The maximum absolute atomic E-state index is 10.7. The van der Waals surface area contributed by atoms with Gasteiger partial charge in [-0.15, -0.1) is 0 Å². The molecule has 0 spiro atoms. The second kappa shape index (κ2) is 8.18. The first-order valence-corrected chi connectivity index (χ1v) is 9.33. The standard InChI is InChI=1S/C20H23N7O/c1-21-27-14-18(6-7-19(27)23-15-28)26-11-9-25(10-12-26)13-17-5-4-16-3-2-8-22-20(16)24-17/h2-8,14-15,21H,9-13H2,1H3. The number of nitrogens with one attached hydrogen (secondary N) is 1. The minimum Gasteiger partial charge on any atom is -0.368 e. The lowest BCUT2D eigenvalue weighted by Crippen LogP contribution is -2.46. The molecule has 8 heteroatoms. The molecule has 1 aliphatic rings. The molecule has 144 valence electrons. The first-order chi connectivity index (χ1) is 13.8. The predicted molar refractivity (Wildman–Crippen MR) is 108 cm³/mol. The first kappa shape index (κ1) is 18.1. The number of hydrogen-bond acceptors (Lipinski definition) is 6. The summed E-state index contributed by atoms with van der Waals surface area (Å²) in [5.74, 6) is 0. The molecule has 1 N–H and O–H groups in total. The molecule has 0 atom stereocenters. The van der Waals surface area contributed by atoms with Gasteiger partial charge in [-0.1, -0.05) is 0 Å². The van der Waals surface area contributed by atoms with Crippen LogP contribution in [0, 0.1) is 0 Å². The number of piperazine rings is 1. The predicted octanol–water partition coefficient (Wildman–Crippen LogP) is 0.984. The Hall–Kier alpha value is -3.26. The van der Waals surface area contributed by atoms with Crippen LogP contribution in [0.25, 0.3) is 11.0 Å². The monoisotopic (exact) mass is 377 g/mol. The Morgan fingerprint density at radius 1 is 1.14 bits per heavy atom. The Bertz CT molecular complexity index is 1040. The van der Waals surface area contributed by atoms with E-state index in [9.17, 15) is 4.79 Å². The van der Waals surface area contributed by atoms with E-state index in [0.29, 0.717) is 11.9 Å². The molecule has 1 aliphatic heterocycles. The highest BCUT2D eigenvalue weighted by atomic mass is 16.1. The first-order valence-electron chi connectivity index (χ1n) is 9.33. The van der Waals surface area contributed by atoms with Gasteiger partial charge >= 0.3 is 0 Å². The highest BCUT2D eigenvalue weighted by Gasteiger charge is 2.18. The molecule has 28 heavy (non-hydrogen) atoms. The Morgan fingerprint density at radius 2 is 2.00 bits per heavy atom. The van der Waals surface area contributed by atoms with E-state index >= 15 is 0 Å². The van der Waals surface area contributed by atoms with Crippen LogP contribution < -0.4 is 15.8 Å². The Labute approximate surface area is 163 Å². The summed E-state index contributed by atoms with van der Waals surface area (Å²) in [7, 11) is 1.80. The van der Waals surface area contributed by atoms with Crippen LogP contribution in [0.15, 0.2) is 53.8 Å². The summed E-state index contributed by atoms with van der Waals surface area (Å²) in [5.41, 5.74) is 6.56. The number of carbonyl (C=O) groups excluding carboxylic acids is 1. The van der Waals surface area contributed by atoms with Gasteiger partial charge in [-0.25, -0.2) is 14.6 Å². The Kier molecular flexibility index (Phi) is 5.29. The molecule has 0 aliphatic carbocycles. The van der Waals surface area contributed by atoms with E-state index in [1.165, 1.54) is 0 Å². The summed E-state index contributed by atoms with van der Waals surface area (Å²) in [6, 6.07) is 12.0. The number of rotatable bonds is 5.